The van der Waals surface area contributed by atoms with Crippen molar-refractivity contribution in [1.82, 2.24) is 4.90 Å². The topological polar surface area (TPSA) is 77.5 Å². The van der Waals surface area contributed by atoms with Crippen molar-refractivity contribution in [1.29, 1.82) is 0 Å². The third-order valence-corrected chi connectivity index (χ3v) is 7.52. The van der Waals surface area contributed by atoms with E-state index < -0.39 is 5.60 Å². The quantitative estimate of drug-likeness (QED) is 0.246. The maximum Gasteiger partial charge on any atom is 0.410 e. The number of amides is 1. The molecule has 2 aromatic carbocycles. The van der Waals surface area contributed by atoms with Crippen molar-refractivity contribution in [2.75, 3.05) is 45.9 Å². The number of carbonyl (C=O) groups is 2. The van der Waals surface area contributed by atoms with Gasteiger partial charge in [-0.15, -0.1) is 0 Å². The molecule has 0 radical (unpaired) electrons. The lowest BCUT2D eigenvalue weighted by Gasteiger charge is -2.41. The summed E-state index contributed by atoms with van der Waals surface area (Å²) in [5, 5.41) is 0. The van der Waals surface area contributed by atoms with Crippen LogP contribution in [0.15, 0.2) is 36.4 Å². The summed E-state index contributed by atoms with van der Waals surface area (Å²) in [6, 6.07) is 12.4. The number of hydrogen-bond acceptors (Lipinski definition) is 7. The minimum atomic E-state index is -0.515. The van der Waals surface area contributed by atoms with Crippen LogP contribution in [0.4, 0.5) is 10.5 Å². The lowest BCUT2D eigenvalue weighted by Crippen LogP contribution is -2.46. The van der Waals surface area contributed by atoms with E-state index in [9.17, 15) is 9.59 Å². The Morgan fingerprint density at radius 2 is 1.55 bits per heavy atom. The molecule has 3 rings (SSSR count). The van der Waals surface area contributed by atoms with Crippen LogP contribution in [0.1, 0.15) is 69.3 Å². The first-order valence-corrected chi connectivity index (χ1v) is 14.2. The first kappa shape index (κ1) is 31.3. The molecule has 40 heavy (non-hydrogen) atoms. The van der Waals surface area contributed by atoms with E-state index in [2.05, 4.69) is 17.9 Å². The number of anilines is 1. The number of ether oxygens (including phenoxy) is 4. The minimum absolute atomic E-state index is 0.146. The van der Waals surface area contributed by atoms with Gasteiger partial charge in [0.1, 0.15) is 18.0 Å². The van der Waals surface area contributed by atoms with Crippen LogP contribution >= 0.6 is 0 Å². The molecule has 0 spiro atoms. The molecule has 1 fully saturated rings. The number of benzene rings is 2. The van der Waals surface area contributed by atoms with E-state index in [1.54, 1.807) is 12.0 Å². The molecule has 0 atom stereocenters. The summed E-state index contributed by atoms with van der Waals surface area (Å²) in [6.07, 6.45) is 3.39. The van der Waals surface area contributed by atoms with Gasteiger partial charge in [-0.2, -0.15) is 0 Å². The van der Waals surface area contributed by atoms with Gasteiger partial charge in [0.2, 0.25) is 0 Å². The van der Waals surface area contributed by atoms with Crippen LogP contribution in [0.2, 0.25) is 0 Å². The summed E-state index contributed by atoms with van der Waals surface area (Å²) in [4.78, 5) is 29.6. The maximum absolute atomic E-state index is 12.8. The van der Waals surface area contributed by atoms with Crippen LogP contribution in [0.3, 0.4) is 0 Å². The van der Waals surface area contributed by atoms with Crippen molar-refractivity contribution >= 4 is 17.7 Å². The minimum Gasteiger partial charge on any atom is -0.491 e. The SMILES string of the molecule is CCN(c1cc(-c2ccc(OCCOC)cc2)cc(C(=O)OC)c1C)C1CCC(N(C)C(=O)OC(C)(C)C)CC1. The Labute approximate surface area is 239 Å². The van der Waals surface area contributed by atoms with Gasteiger partial charge in [-0.25, -0.2) is 9.59 Å². The second kappa shape index (κ2) is 13.9. The molecule has 0 bridgehead atoms. The molecular formula is C32H46N2O6. The molecule has 1 amide bonds. The van der Waals surface area contributed by atoms with Crippen molar-refractivity contribution in [3.63, 3.8) is 0 Å². The van der Waals surface area contributed by atoms with Crippen molar-refractivity contribution in [3.05, 3.63) is 47.5 Å². The fraction of sp³-hybridized carbons (Fsp3) is 0.562. The van der Waals surface area contributed by atoms with Gasteiger partial charge >= 0.3 is 12.1 Å². The summed E-state index contributed by atoms with van der Waals surface area (Å²) in [5.74, 6) is 0.420. The number of carbonyl (C=O) groups excluding carboxylic acids is 2. The van der Waals surface area contributed by atoms with Crippen LogP contribution in [-0.2, 0) is 14.2 Å². The van der Waals surface area contributed by atoms with Crippen LogP contribution in [0, 0.1) is 6.92 Å². The molecule has 0 unspecified atom stereocenters. The normalized spacial score (nSPS) is 17.2. The van der Waals surface area contributed by atoms with Crippen LogP contribution in [0.25, 0.3) is 11.1 Å². The van der Waals surface area contributed by atoms with Crippen molar-refractivity contribution in [2.24, 2.45) is 0 Å². The zero-order valence-electron chi connectivity index (χ0n) is 25.4. The molecule has 2 aromatic rings. The Bertz CT molecular complexity index is 1130. The van der Waals surface area contributed by atoms with E-state index >= 15 is 0 Å². The monoisotopic (exact) mass is 554 g/mol. The van der Waals surface area contributed by atoms with E-state index in [0.29, 0.717) is 24.8 Å². The molecule has 1 saturated carbocycles. The molecule has 0 aliphatic heterocycles. The van der Waals surface area contributed by atoms with Gasteiger partial charge in [-0.1, -0.05) is 12.1 Å². The molecular weight excluding hydrogens is 508 g/mol. The van der Waals surface area contributed by atoms with Gasteiger partial charge < -0.3 is 28.7 Å². The van der Waals surface area contributed by atoms with Crippen LogP contribution in [-0.4, -0.2) is 75.7 Å². The molecule has 0 saturated heterocycles. The standard InChI is InChI=1S/C32H46N2O6/c1-9-34(26-14-12-25(13-15-26)33(6)31(36)40-32(3,4)5)29-21-24(20-28(22(29)2)30(35)38-8)23-10-16-27(17-11-23)39-19-18-37-7/h10-11,16-17,20-21,25-26H,9,12-15,18-19H2,1-8H3. The zero-order chi connectivity index (χ0) is 29.4. The second-order valence-electron chi connectivity index (χ2n) is 11.4. The summed E-state index contributed by atoms with van der Waals surface area (Å²) >= 11 is 0. The van der Waals surface area contributed by atoms with E-state index in [-0.39, 0.29) is 18.1 Å². The lowest BCUT2D eigenvalue weighted by molar-refractivity contribution is 0.0183. The Morgan fingerprint density at radius 1 is 0.925 bits per heavy atom. The molecule has 0 N–H and O–H groups in total. The van der Waals surface area contributed by atoms with Crippen LogP contribution < -0.4 is 9.64 Å². The third kappa shape index (κ3) is 7.90. The smallest absolute Gasteiger partial charge is 0.410 e. The molecule has 1 aliphatic rings. The number of rotatable bonds is 10. The number of methoxy groups -OCH3 is 2. The summed E-state index contributed by atoms with van der Waals surface area (Å²) < 4.78 is 21.5. The largest absolute Gasteiger partial charge is 0.491 e. The molecule has 1 aliphatic carbocycles. The summed E-state index contributed by atoms with van der Waals surface area (Å²) in [7, 11) is 4.90. The van der Waals surface area contributed by atoms with Gasteiger partial charge in [0.15, 0.2) is 0 Å². The molecule has 8 heteroatoms. The van der Waals surface area contributed by atoms with Gasteiger partial charge in [0.05, 0.1) is 19.3 Å². The first-order valence-electron chi connectivity index (χ1n) is 14.2. The highest BCUT2D eigenvalue weighted by Crippen LogP contribution is 2.36. The number of esters is 1. The van der Waals surface area contributed by atoms with E-state index in [4.69, 9.17) is 18.9 Å². The Hall–Kier alpha value is -3.26. The van der Waals surface area contributed by atoms with Crippen molar-refractivity contribution in [3.8, 4) is 16.9 Å². The highest BCUT2D eigenvalue weighted by Gasteiger charge is 2.32. The first-order chi connectivity index (χ1) is 19.0. The highest BCUT2D eigenvalue weighted by atomic mass is 16.6. The van der Waals surface area contributed by atoms with E-state index in [1.165, 1.54) is 7.11 Å². The molecule has 8 nitrogen and oxygen atoms in total. The van der Waals surface area contributed by atoms with E-state index in [0.717, 1.165) is 60.4 Å². The highest BCUT2D eigenvalue weighted by molar-refractivity contribution is 5.95. The lowest BCUT2D eigenvalue weighted by atomic mass is 9.88. The zero-order valence-corrected chi connectivity index (χ0v) is 25.4. The second-order valence-corrected chi connectivity index (χ2v) is 11.4. The van der Waals surface area contributed by atoms with Gasteiger partial charge in [0.25, 0.3) is 0 Å². The molecule has 0 aromatic heterocycles. The average Bonchev–Trinajstić information content (AvgIpc) is 2.93. The number of hydrogen-bond donors (Lipinski definition) is 0. The van der Waals surface area contributed by atoms with Gasteiger partial charge in [0, 0.05) is 38.5 Å². The van der Waals surface area contributed by atoms with Crippen molar-refractivity contribution in [2.45, 2.75) is 78.0 Å². The Balaban J connectivity index is 1.84. The molecule has 220 valence electrons. The Morgan fingerprint density at radius 3 is 2.10 bits per heavy atom. The third-order valence-electron chi connectivity index (χ3n) is 7.52. The van der Waals surface area contributed by atoms with Crippen molar-refractivity contribution < 1.29 is 28.5 Å². The predicted molar refractivity (Wildman–Crippen MR) is 158 cm³/mol. The van der Waals surface area contributed by atoms with E-state index in [1.807, 2.05) is 65.1 Å². The van der Waals surface area contributed by atoms with Crippen LogP contribution in [0.5, 0.6) is 5.75 Å². The van der Waals surface area contributed by atoms with Gasteiger partial charge in [-0.05, 0) is 101 Å². The van der Waals surface area contributed by atoms with Gasteiger partial charge in [-0.3, -0.25) is 0 Å². The Kier molecular flexibility index (Phi) is 10.9. The number of nitrogens with zero attached hydrogens (tertiary/aromatic N) is 2. The fourth-order valence-electron chi connectivity index (χ4n) is 5.34. The maximum atomic E-state index is 12.8. The molecule has 0 heterocycles. The summed E-state index contributed by atoms with van der Waals surface area (Å²) in [5.41, 5.74) is 3.92. The average molecular weight is 555 g/mol. The predicted octanol–water partition coefficient (Wildman–Crippen LogP) is 6.48. The fourth-order valence-corrected chi connectivity index (χ4v) is 5.34. The summed E-state index contributed by atoms with van der Waals surface area (Å²) in [6.45, 7) is 11.6.